The molecule has 1 atom stereocenters. The highest BCUT2D eigenvalue weighted by Gasteiger charge is 2.33. The van der Waals surface area contributed by atoms with E-state index in [2.05, 4.69) is 24.1 Å². The Balaban J connectivity index is 1.79. The quantitative estimate of drug-likeness (QED) is 0.887. The van der Waals surface area contributed by atoms with E-state index in [0.717, 1.165) is 16.1 Å². The lowest BCUT2D eigenvalue weighted by molar-refractivity contribution is -0.128. The lowest BCUT2D eigenvalue weighted by Crippen LogP contribution is -2.28. The van der Waals surface area contributed by atoms with Gasteiger partial charge in [-0.05, 0) is 12.8 Å². The highest BCUT2D eigenvalue weighted by Crippen LogP contribution is 2.36. The summed E-state index contributed by atoms with van der Waals surface area (Å²) < 4.78 is 0. The molecule has 2 aromatic rings. The van der Waals surface area contributed by atoms with Crippen molar-refractivity contribution in [1.29, 1.82) is 0 Å². The second-order valence-electron chi connectivity index (χ2n) is 6.58. The van der Waals surface area contributed by atoms with Crippen LogP contribution in [0.15, 0.2) is 30.3 Å². The van der Waals surface area contributed by atoms with Gasteiger partial charge in [0.05, 0.1) is 11.6 Å². The minimum absolute atomic E-state index is 0.0506. The summed E-state index contributed by atoms with van der Waals surface area (Å²) in [5, 5.41) is 3.53. The van der Waals surface area contributed by atoms with Crippen LogP contribution in [-0.4, -0.2) is 34.8 Å². The van der Waals surface area contributed by atoms with Gasteiger partial charge in [0.25, 0.3) is 0 Å². The molecule has 0 bridgehead atoms. The Hall–Kier alpha value is -2.21. The number of carbonyl (C=O) groups is 2. The normalized spacial score (nSPS) is 17.4. The maximum atomic E-state index is 12.5. The standard InChI is InChI=1S/C19H23N3O2S/c1-4-22-11-14(10-15(22)23)18(24)21-19-20-16(17(25-19)12(2)3)13-8-6-5-7-9-13/h5-9,12,14H,4,10-11H2,1-3H3,(H,20,21,24). The Labute approximate surface area is 152 Å². The molecule has 1 aliphatic heterocycles. The van der Waals surface area contributed by atoms with Crippen molar-refractivity contribution in [2.75, 3.05) is 18.4 Å². The molecule has 25 heavy (non-hydrogen) atoms. The summed E-state index contributed by atoms with van der Waals surface area (Å²) in [5.74, 6) is -0.0383. The summed E-state index contributed by atoms with van der Waals surface area (Å²) in [7, 11) is 0. The van der Waals surface area contributed by atoms with E-state index in [4.69, 9.17) is 0 Å². The first-order valence-corrected chi connectivity index (χ1v) is 9.46. The molecular formula is C19H23N3O2S. The van der Waals surface area contributed by atoms with Crippen molar-refractivity contribution in [3.63, 3.8) is 0 Å². The van der Waals surface area contributed by atoms with Crippen LogP contribution < -0.4 is 5.32 Å². The van der Waals surface area contributed by atoms with Gasteiger partial charge in [-0.3, -0.25) is 9.59 Å². The lowest BCUT2D eigenvalue weighted by Gasteiger charge is -2.12. The number of nitrogens with one attached hydrogen (secondary N) is 1. The molecule has 0 saturated carbocycles. The van der Waals surface area contributed by atoms with Gasteiger partial charge in [-0.2, -0.15) is 0 Å². The van der Waals surface area contributed by atoms with Crippen LogP contribution in [0.2, 0.25) is 0 Å². The molecule has 0 radical (unpaired) electrons. The molecule has 1 saturated heterocycles. The van der Waals surface area contributed by atoms with Crippen LogP contribution >= 0.6 is 11.3 Å². The average molecular weight is 357 g/mol. The Morgan fingerprint density at radius 2 is 2.08 bits per heavy atom. The average Bonchev–Trinajstić information content (AvgIpc) is 3.19. The van der Waals surface area contributed by atoms with Crippen LogP contribution in [-0.2, 0) is 9.59 Å². The van der Waals surface area contributed by atoms with Crippen LogP contribution in [0.1, 0.15) is 38.0 Å². The fourth-order valence-corrected chi connectivity index (χ4v) is 4.03. The molecule has 2 heterocycles. The number of aromatic nitrogens is 1. The molecule has 1 aromatic carbocycles. The Bertz CT molecular complexity index is 770. The van der Waals surface area contributed by atoms with Crippen LogP contribution in [0.3, 0.4) is 0 Å². The molecule has 1 N–H and O–H groups in total. The molecule has 0 spiro atoms. The number of anilines is 1. The zero-order chi connectivity index (χ0) is 18.0. The maximum absolute atomic E-state index is 12.5. The van der Waals surface area contributed by atoms with Gasteiger partial charge in [-0.25, -0.2) is 4.98 Å². The van der Waals surface area contributed by atoms with Crippen molar-refractivity contribution in [3.8, 4) is 11.3 Å². The Morgan fingerprint density at radius 1 is 1.36 bits per heavy atom. The van der Waals surface area contributed by atoms with E-state index in [1.807, 2.05) is 37.3 Å². The van der Waals surface area contributed by atoms with Gasteiger partial charge in [0, 0.05) is 30.0 Å². The molecule has 2 amide bonds. The van der Waals surface area contributed by atoms with E-state index in [9.17, 15) is 9.59 Å². The number of benzene rings is 1. The van der Waals surface area contributed by atoms with Gasteiger partial charge >= 0.3 is 0 Å². The first-order valence-electron chi connectivity index (χ1n) is 8.64. The third-order valence-electron chi connectivity index (χ3n) is 4.42. The molecule has 132 valence electrons. The molecule has 1 fully saturated rings. The number of hydrogen-bond acceptors (Lipinski definition) is 4. The summed E-state index contributed by atoms with van der Waals surface area (Å²) in [4.78, 5) is 31.9. The topological polar surface area (TPSA) is 62.3 Å². The van der Waals surface area contributed by atoms with Crippen molar-refractivity contribution in [1.82, 2.24) is 9.88 Å². The first-order chi connectivity index (χ1) is 12.0. The van der Waals surface area contributed by atoms with Crippen molar-refractivity contribution in [2.45, 2.75) is 33.1 Å². The fourth-order valence-electron chi connectivity index (χ4n) is 3.04. The third kappa shape index (κ3) is 3.74. The van der Waals surface area contributed by atoms with E-state index >= 15 is 0 Å². The van der Waals surface area contributed by atoms with Gasteiger partial charge in [-0.1, -0.05) is 44.2 Å². The highest BCUT2D eigenvalue weighted by molar-refractivity contribution is 7.16. The van der Waals surface area contributed by atoms with Gasteiger partial charge < -0.3 is 10.2 Å². The van der Waals surface area contributed by atoms with Crippen molar-refractivity contribution < 1.29 is 9.59 Å². The van der Waals surface area contributed by atoms with Crippen LogP contribution in [0.25, 0.3) is 11.3 Å². The van der Waals surface area contributed by atoms with E-state index in [1.54, 1.807) is 4.90 Å². The molecule has 5 nitrogen and oxygen atoms in total. The zero-order valence-corrected chi connectivity index (χ0v) is 15.6. The predicted molar refractivity (Wildman–Crippen MR) is 101 cm³/mol. The second kappa shape index (κ2) is 7.35. The summed E-state index contributed by atoms with van der Waals surface area (Å²) >= 11 is 1.52. The number of nitrogens with zero attached hydrogens (tertiary/aromatic N) is 2. The van der Waals surface area contributed by atoms with Crippen LogP contribution in [0.5, 0.6) is 0 Å². The lowest BCUT2D eigenvalue weighted by atomic mass is 10.1. The number of rotatable bonds is 5. The monoisotopic (exact) mass is 357 g/mol. The van der Waals surface area contributed by atoms with E-state index in [-0.39, 0.29) is 24.2 Å². The van der Waals surface area contributed by atoms with Gasteiger partial charge in [0.1, 0.15) is 0 Å². The smallest absolute Gasteiger partial charge is 0.231 e. The SMILES string of the molecule is CCN1CC(C(=O)Nc2nc(-c3ccccc3)c(C(C)C)s2)CC1=O. The Kier molecular flexibility index (Phi) is 5.18. The van der Waals surface area contributed by atoms with E-state index in [0.29, 0.717) is 24.1 Å². The van der Waals surface area contributed by atoms with Crippen molar-refractivity contribution in [2.24, 2.45) is 5.92 Å². The van der Waals surface area contributed by atoms with E-state index < -0.39 is 0 Å². The summed E-state index contributed by atoms with van der Waals surface area (Å²) in [5.41, 5.74) is 1.98. The van der Waals surface area contributed by atoms with Crippen molar-refractivity contribution >= 4 is 28.3 Å². The largest absolute Gasteiger partial charge is 0.342 e. The highest BCUT2D eigenvalue weighted by atomic mass is 32.1. The number of carbonyl (C=O) groups excluding carboxylic acids is 2. The fraction of sp³-hybridized carbons (Fsp3) is 0.421. The summed E-state index contributed by atoms with van der Waals surface area (Å²) in [6.45, 7) is 7.32. The molecular weight excluding hydrogens is 334 g/mol. The molecule has 0 aliphatic carbocycles. The number of likely N-dealkylation sites (tertiary alicyclic amines) is 1. The number of amides is 2. The van der Waals surface area contributed by atoms with Gasteiger partial charge in [-0.15, -0.1) is 11.3 Å². The Morgan fingerprint density at radius 3 is 2.68 bits per heavy atom. The minimum Gasteiger partial charge on any atom is -0.342 e. The second-order valence-corrected chi connectivity index (χ2v) is 7.61. The summed E-state index contributed by atoms with van der Waals surface area (Å²) in [6.07, 6.45) is 0.285. The molecule has 3 rings (SSSR count). The van der Waals surface area contributed by atoms with Gasteiger partial charge in [0.2, 0.25) is 11.8 Å². The van der Waals surface area contributed by atoms with Gasteiger partial charge in [0.15, 0.2) is 5.13 Å². The number of thiazole rings is 1. The summed E-state index contributed by atoms with van der Waals surface area (Å²) in [6, 6.07) is 10.0. The molecule has 1 aliphatic rings. The third-order valence-corrected chi connectivity index (χ3v) is 5.69. The minimum atomic E-state index is -0.293. The number of hydrogen-bond donors (Lipinski definition) is 1. The van der Waals surface area contributed by atoms with Crippen LogP contribution in [0, 0.1) is 5.92 Å². The van der Waals surface area contributed by atoms with E-state index in [1.165, 1.54) is 11.3 Å². The van der Waals surface area contributed by atoms with Crippen molar-refractivity contribution in [3.05, 3.63) is 35.2 Å². The maximum Gasteiger partial charge on any atom is 0.231 e. The predicted octanol–water partition coefficient (Wildman–Crippen LogP) is 3.74. The molecule has 1 unspecified atom stereocenters. The van der Waals surface area contributed by atoms with Crippen LogP contribution in [0.4, 0.5) is 5.13 Å². The zero-order valence-electron chi connectivity index (χ0n) is 14.8. The molecule has 6 heteroatoms. The first kappa shape index (κ1) is 17.6. The molecule has 1 aromatic heterocycles.